The van der Waals surface area contributed by atoms with E-state index in [1.54, 1.807) is 38.3 Å². The van der Waals surface area contributed by atoms with Gasteiger partial charge in [0.2, 0.25) is 5.91 Å². The molecule has 2 atom stereocenters. The minimum atomic E-state index is -0.196. The summed E-state index contributed by atoms with van der Waals surface area (Å²) in [6.45, 7) is 3.62. The number of carbonyl (C=O) groups excluding carboxylic acids is 2. The highest BCUT2D eigenvalue weighted by Gasteiger charge is 2.37. The molecule has 3 aromatic carbocycles. The van der Waals surface area contributed by atoms with Gasteiger partial charge in [0.25, 0.3) is 5.91 Å². The number of methoxy groups -OCH3 is 1. The highest BCUT2D eigenvalue weighted by Crippen LogP contribution is 2.42. The first-order chi connectivity index (χ1) is 15.0. The molecule has 158 valence electrons. The summed E-state index contributed by atoms with van der Waals surface area (Å²) in [5, 5.41) is 0. The van der Waals surface area contributed by atoms with E-state index in [9.17, 15) is 9.59 Å². The van der Waals surface area contributed by atoms with Gasteiger partial charge in [-0.25, -0.2) is 0 Å². The summed E-state index contributed by atoms with van der Waals surface area (Å²) >= 11 is 0. The number of carbonyl (C=O) groups is 2. The number of fused-ring (bicyclic) bond motifs is 1. The van der Waals surface area contributed by atoms with Gasteiger partial charge in [0.05, 0.1) is 13.2 Å². The number of ether oxygens (including phenoxy) is 1. The number of benzene rings is 3. The molecule has 0 fully saturated rings. The van der Waals surface area contributed by atoms with Gasteiger partial charge in [-0.2, -0.15) is 0 Å². The molecule has 5 nitrogen and oxygen atoms in total. The van der Waals surface area contributed by atoms with E-state index in [0.29, 0.717) is 17.7 Å². The van der Waals surface area contributed by atoms with Gasteiger partial charge in [0, 0.05) is 29.9 Å². The van der Waals surface area contributed by atoms with Crippen LogP contribution in [0, 0.1) is 0 Å². The van der Waals surface area contributed by atoms with Crippen LogP contribution in [-0.4, -0.2) is 25.0 Å². The Bertz CT molecular complexity index is 1080. The quantitative estimate of drug-likeness (QED) is 0.587. The van der Waals surface area contributed by atoms with Crippen LogP contribution in [0.15, 0.2) is 78.9 Å². The van der Waals surface area contributed by atoms with Gasteiger partial charge in [-0.15, -0.1) is 0 Å². The van der Waals surface area contributed by atoms with Crippen molar-refractivity contribution >= 4 is 23.2 Å². The van der Waals surface area contributed by atoms with Gasteiger partial charge in [-0.1, -0.05) is 36.4 Å². The van der Waals surface area contributed by atoms with Crippen molar-refractivity contribution in [2.24, 2.45) is 0 Å². The fraction of sp³-hybridized carbons (Fsp3) is 0.231. The Morgan fingerprint density at radius 1 is 0.935 bits per heavy atom. The first-order valence-electron chi connectivity index (χ1n) is 10.4. The Hall–Kier alpha value is -3.60. The van der Waals surface area contributed by atoms with Crippen LogP contribution in [0.4, 0.5) is 11.4 Å². The van der Waals surface area contributed by atoms with Crippen LogP contribution in [0.5, 0.6) is 5.75 Å². The van der Waals surface area contributed by atoms with E-state index in [1.807, 2.05) is 71.3 Å². The summed E-state index contributed by atoms with van der Waals surface area (Å²) in [5.74, 6) is 0.625. The first-order valence-corrected chi connectivity index (χ1v) is 10.4. The zero-order chi connectivity index (χ0) is 22.0. The second-order valence-corrected chi connectivity index (χ2v) is 7.79. The second-order valence-electron chi connectivity index (χ2n) is 7.79. The first kappa shape index (κ1) is 20.7. The highest BCUT2D eigenvalue weighted by atomic mass is 16.5. The monoisotopic (exact) mass is 414 g/mol. The Morgan fingerprint density at radius 2 is 1.58 bits per heavy atom. The van der Waals surface area contributed by atoms with Crippen molar-refractivity contribution in [3.8, 4) is 5.75 Å². The van der Waals surface area contributed by atoms with Crippen LogP contribution in [-0.2, 0) is 4.79 Å². The van der Waals surface area contributed by atoms with Crippen LogP contribution in [0.25, 0.3) is 0 Å². The predicted octanol–water partition coefficient (Wildman–Crippen LogP) is 5.23. The Balaban J connectivity index is 1.83. The lowest BCUT2D eigenvalue weighted by Crippen LogP contribution is -2.47. The molecule has 1 heterocycles. The molecule has 0 aromatic heterocycles. The summed E-state index contributed by atoms with van der Waals surface area (Å²) < 4.78 is 5.24. The summed E-state index contributed by atoms with van der Waals surface area (Å²) in [5.41, 5.74) is 3.25. The minimum Gasteiger partial charge on any atom is -0.497 e. The molecule has 1 aliphatic rings. The maximum Gasteiger partial charge on any atom is 0.258 e. The fourth-order valence-electron chi connectivity index (χ4n) is 4.41. The molecule has 4 rings (SSSR count). The Labute approximate surface area is 182 Å². The van der Waals surface area contributed by atoms with Crippen LogP contribution >= 0.6 is 0 Å². The summed E-state index contributed by atoms with van der Waals surface area (Å²) in [4.78, 5) is 29.8. The van der Waals surface area contributed by atoms with Gasteiger partial charge in [0.1, 0.15) is 5.75 Å². The predicted molar refractivity (Wildman–Crippen MR) is 123 cm³/mol. The summed E-state index contributed by atoms with van der Waals surface area (Å²) in [6, 6.07) is 24.5. The molecule has 0 aliphatic carbocycles. The molecule has 0 bridgehead atoms. The molecular formula is C26H26N2O3. The molecule has 0 N–H and O–H groups in total. The molecule has 1 aliphatic heterocycles. The second kappa shape index (κ2) is 8.64. The highest BCUT2D eigenvalue weighted by molar-refractivity contribution is 6.07. The number of anilines is 2. The topological polar surface area (TPSA) is 49.9 Å². The third-order valence-electron chi connectivity index (χ3n) is 5.80. The Kier molecular flexibility index (Phi) is 5.76. The van der Waals surface area contributed by atoms with E-state index in [4.69, 9.17) is 4.74 Å². The lowest BCUT2D eigenvalue weighted by Gasteiger charge is -2.43. The van der Waals surface area contributed by atoms with Crippen LogP contribution in [0.1, 0.15) is 42.2 Å². The number of para-hydroxylation sites is 2. The smallest absolute Gasteiger partial charge is 0.258 e. The number of amides is 2. The molecule has 0 saturated carbocycles. The van der Waals surface area contributed by atoms with E-state index in [2.05, 4.69) is 0 Å². The summed E-state index contributed by atoms with van der Waals surface area (Å²) in [7, 11) is 1.61. The van der Waals surface area contributed by atoms with E-state index in [1.165, 1.54) is 0 Å². The lowest BCUT2D eigenvalue weighted by molar-refractivity contribution is -0.117. The molecule has 5 heteroatoms. The Morgan fingerprint density at radius 3 is 2.23 bits per heavy atom. The number of hydrogen-bond donors (Lipinski definition) is 0. The lowest BCUT2D eigenvalue weighted by atomic mass is 9.89. The molecule has 3 aromatic rings. The van der Waals surface area contributed by atoms with Gasteiger partial charge in [0.15, 0.2) is 0 Å². The minimum absolute atomic E-state index is 0.00569. The normalized spacial score (nSPS) is 17.6. The van der Waals surface area contributed by atoms with E-state index in [-0.39, 0.29) is 23.9 Å². The zero-order valence-corrected chi connectivity index (χ0v) is 18.0. The SMILES string of the molecule is COc1ccc(C(=O)N(c2ccccc2)[C@H]2C[C@H](C)N(C(C)=O)c3ccccc32)cc1. The van der Waals surface area contributed by atoms with Crippen molar-refractivity contribution < 1.29 is 14.3 Å². The van der Waals surface area contributed by atoms with Gasteiger partial charge < -0.3 is 14.5 Å². The fourth-order valence-corrected chi connectivity index (χ4v) is 4.41. The van der Waals surface area contributed by atoms with Crippen molar-refractivity contribution in [1.29, 1.82) is 0 Å². The number of nitrogens with zero attached hydrogens (tertiary/aromatic N) is 2. The number of rotatable bonds is 4. The maximum atomic E-state index is 13.8. The van der Waals surface area contributed by atoms with Crippen molar-refractivity contribution in [3.63, 3.8) is 0 Å². The molecule has 31 heavy (non-hydrogen) atoms. The third kappa shape index (κ3) is 3.91. The van der Waals surface area contributed by atoms with Gasteiger partial charge >= 0.3 is 0 Å². The third-order valence-corrected chi connectivity index (χ3v) is 5.80. The zero-order valence-electron chi connectivity index (χ0n) is 18.0. The molecule has 0 radical (unpaired) electrons. The molecule has 0 unspecified atom stereocenters. The maximum absolute atomic E-state index is 13.8. The van der Waals surface area contributed by atoms with Gasteiger partial charge in [-0.3, -0.25) is 9.59 Å². The largest absolute Gasteiger partial charge is 0.497 e. The van der Waals surface area contributed by atoms with Crippen molar-refractivity contribution in [3.05, 3.63) is 90.0 Å². The average molecular weight is 415 g/mol. The van der Waals surface area contributed by atoms with Crippen molar-refractivity contribution in [1.82, 2.24) is 0 Å². The van der Waals surface area contributed by atoms with E-state index < -0.39 is 0 Å². The van der Waals surface area contributed by atoms with Crippen molar-refractivity contribution in [2.45, 2.75) is 32.4 Å². The van der Waals surface area contributed by atoms with E-state index in [0.717, 1.165) is 16.9 Å². The van der Waals surface area contributed by atoms with Gasteiger partial charge in [-0.05, 0) is 61.4 Å². The standard InChI is InChI=1S/C26H26N2O3/c1-18-17-25(23-11-7-8-12-24(23)27(18)19(2)29)28(21-9-5-4-6-10-21)26(30)20-13-15-22(31-3)16-14-20/h4-16,18,25H,17H2,1-3H3/t18-,25-/m0/s1. The molecular weight excluding hydrogens is 388 g/mol. The van der Waals surface area contributed by atoms with Crippen LogP contribution < -0.4 is 14.5 Å². The molecule has 0 spiro atoms. The number of hydrogen-bond acceptors (Lipinski definition) is 3. The van der Waals surface area contributed by atoms with E-state index >= 15 is 0 Å². The molecule has 2 amide bonds. The molecule has 0 saturated heterocycles. The van der Waals surface area contributed by atoms with Crippen LogP contribution in [0.3, 0.4) is 0 Å². The summed E-state index contributed by atoms with van der Waals surface area (Å²) in [6.07, 6.45) is 0.646. The average Bonchev–Trinajstić information content (AvgIpc) is 2.79. The van der Waals surface area contributed by atoms with Crippen LogP contribution in [0.2, 0.25) is 0 Å². The van der Waals surface area contributed by atoms with Crippen molar-refractivity contribution in [2.75, 3.05) is 16.9 Å².